The van der Waals surface area contributed by atoms with Crippen LogP contribution in [0.4, 0.5) is 0 Å². The summed E-state index contributed by atoms with van der Waals surface area (Å²) >= 11 is 0. The number of esters is 1. The van der Waals surface area contributed by atoms with E-state index >= 15 is 0 Å². The fourth-order valence-corrected chi connectivity index (χ4v) is 2.56. The van der Waals surface area contributed by atoms with Gasteiger partial charge in [-0.15, -0.1) is 0 Å². The summed E-state index contributed by atoms with van der Waals surface area (Å²) in [6.45, 7) is 1.59. The van der Waals surface area contributed by atoms with E-state index in [0.717, 1.165) is 5.69 Å². The maximum Gasteiger partial charge on any atom is 0.339 e. The topological polar surface area (TPSA) is 107 Å². The third kappa shape index (κ3) is 5.14. The number of aromatic nitrogens is 3. The van der Waals surface area contributed by atoms with Gasteiger partial charge in [-0.3, -0.25) is 9.78 Å². The summed E-state index contributed by atoms with van der Waals surface area (Å²) in [5, 5.41) is 0. The van der Waals surface area contributed by atoms with Crippen LogP contribution in [0.3, 0.4) is 0 Å². The number of morpholine rings is 1. The third-order valence-corrected chi connectivity index (χ3v) is 3.95. The summed E-state index contributed by atoms with van der Waals surface area (Å²) < 4.78 is 16.0. The van der Waals surface area contributed by atoms with Gasteiger partial charge in [0.25, 0.3) is 0 Å². The van der Waals surface area contributed by atoms with E-state index in [1.165, 1.54) is 25.6 Å². The Morgan fingerprint density at radius 3 is 3.04 bits per heavy atom. The molecule has 0 spiro atoms. The maximum atomic E-state index is 12.3. The zero-order valence-electron chi connectivity index (χ0n) is 14.8. The van der Waals surface area contributed by atoms with Crippen molar-refractivity contribution in [3.05, 3.63) is 48.3 Å². The molecule has 0 aliphatic carbocycles. The molecule has 1 unspecified atom stereocenters. The van der Waals surface area contributed by atoms with Gasteiger partial charge in [0.2, 0.25) is 5.91 Å². The number of H-pyrrole nitrogens is 1. The number of hydrogen-bond acceptors (Lipinski definition) is 7. The monoisotopic (exact) mass is 372 g/mol. The first-order chi connectivity index (χ1) is 13.2. The van der Waals surface area contributed by atoms with Crippen LogP contribution in [0.2, 0.25) is 0 Å². The fraction of sp³-hybridized carbons (Fsp3) is 0.333. The van der Waals surface area contributed by atoms with Crippen molar-refractivity contribution in [3.63, 3.8) is 0 Å². The molecule has 9 nitrogen and oxygen atoms in total. The van der Waals surface area contributed by atoms with Gasteiger partial charge in [0.15, 0.2) is 0 Å². The average molecular weight is 372 g/mol. The zero-order valence-corrected chi connectivity index (χ0v) is 14.8. The van der Waals surface area contributed by atoms with Crippen molar-refractivity contribution in [2.24, 2.45) is 0 Å². The Morgan fingerprint density at radius 1 is 1.37 bits per heavy atom. The largest absolute Gasteiger partial charge is 0.489 e. The van der Waals surface area contributed by atoms with Crippen LogP contribution in [0.25, 0.3) is 6.08 Å². The highest BCUT2D eigenvalue weighted by Crippen LogP contribution is 2.14. The Hall–Kier alpha value is -3.20. The van der Waals surface area contributed by atoms with Gasteiger partial charge in [0.05, 0.1) is 50.2 Å². The molecule has 0 radical (unpaired) electrons. The summed E-state index contributed by atoms with van der Waals surface area (Å²) in [4.78, 5) is 36.3. The van der Waals surface area contributed by atoms with Gasteiger partial charge in [0, 0.05) is 18.8 Å². The molecule has 1 amide bonds. The Kier molecular flexibility index (Phi) is 6.16. The predicted molar refractivity (Wildman–Crippen MR) is 95.0 cm³/mol. The first-order valence-electron chi connectivity index (χ1n) is 8.39. The molecule has 0 aromatic carbocycles. The van der Waals surface area contributed by atoms with Crippen LogP contribution in [0.1, 0.15) is 16.1 Å². The number of imidazole rings is 1. The molecule has 2 aromatic rings. The Balaban J connectivity index is 1.52. The highest BCUT2D eigenvalue weighted by atomic mass is 16.5. The number of hydrogen-bond donors (Lipinski definition) is 1. The molecule has 1 aliphatic heterocycles. The summed E-state index contributed by atoms with van der Waals surface area (Å²) in [6.07, 6.45) is 9.01. The van der Waals surface area contributed by atoms with E-state index in [4.69, 9.17) is 9.47 Å². The minimum atomic E-state index is -0.484. The van der Waals surface area contributed by atoms with Crippen LogP contribution in [0, 0.1) is 0 Å². The van der Waals surface area contributed by atoms with Crippen molar-refractivity contribution in [3.8, 4) is 5.75 Å². The quantitative estimate of drug-likeness (QED) is 0.593. The highest BCUT2D eigenvalue weighted by molar-refractivity contribution is 5.91. The minimum absolute atomic E-state index is 0.104. The summed E-state index contributed by atoms with van der Waals surface area (Å²) in [7, 11) is 1.30. The zero-order chi connectivity index (χ0) is 19.1. The molecular weight excluding hydrogens is 352 g/mol. The third-order valence-electron chi connectivity index (χ3n) is 3.95. The van der Waals surface area contributed by atoms with Crippen molar-refractivity contribution >= 4 is 18.0 Å². The summed E-state index contributed by atoms with van der Waals surface area (Å²) in [5.41, 5.74) is 1.06. The number of amides is 1. The number of carbonyl (C=O) groups is 2. The van der Waals surface area contributed by atoms with Crippen molar-refractivity contribution in [2.45, 2.75) is 6.10 Å². The molecule has 142 valence electrons. The fourth-order valence-electron chi connectivity index (χ4n) is 2.56. The van der Waals surface area contributed by atoms with Crippen molar-refractivity contribution in [1.82, 2.24) is 19.9 Å². The maximum absolute atomic E-state index is 12.3. The second-order valence-electron chi connectivity index (χ2n) is 5.83. The van der Waals surface area contributed by atoms with Gasteiger partial charge in [-0.2, -0.15) is 0 Å². The molecule has 1 atom stereocenters. The lowest BCUT2D eigenvalue weighted by Gasteiger charge is -2.32. The summed E-state index contributed by atoms with van der Waals surface area (Å²) in [6, 6.07) is 1.55. The van der Waals surface area contributed by atoms with Crippen molar-refractivity contribution in [2.75, 3.05) is 33.4 Å². The molecule has 9 heteroatoms. The van der Waals surface area contributed by atoms with Crippen molar-refractivity contribution < 1.29 is 23.8 Å². The van der Waals surface area contributed by atoms with Gasteiger partial charge in [-0.05, 0) is 12.1 Å². The number of methoxy groups -OCH3 is 1. The van der Waals surface area contributed by atoms with E-state index in [1.54, 1.807) is 29.6 Å². The van der Waals surface area contributed by atoms with Gasteiger partial charge >= 0.3 is 5.97 Å². The molecule has 3 rings (SSSR count). The van der Waals surface area contributed by atoms with Crippen molar-refractivity contribution in [1.29, 1.82) is 0 Å². The van der Waals surface area contributed by atoms with E-state index < -0.39 is 5.97 Å². The van der Waals surface area contributed by atoms with Gasteiger partial charge < -0.3 is 24.1 Å². The minimum Gasteiger partial charge on any atom is -0.489 e. The van der Waals surface area contributed by atoms with E-state index in [1.807, 2.05) is 0 Å². The van der Waals surface area contributed by atoms with Crippen LogP contribution >= 0.6 is 0 Å². The molecule has 1 fully saturated rings. The Morgan fingerprint density at radius 2 is 2.26 bits per heavy atom. The summed E-state index contributed by atoms with van der Waals surface area (Å²) in [5.74, 6) is -0.154. The van der Waals surface area contributed by atoms with Crippen LogP contribution in [0.5, 0.6) is 5.75 Å². The number of carbonyl (C=O) groups excluding carboxylic acids is 2. The number of pyridine rings is 1. The van der Waals surface area contributed by atoms with Gasteiger partial charge in [-0.25, -0.2) is 9.78 Å². The predicted octanol–water partition coefficient (Wildman–Crippen LogP) is 0.911. The lowest BCUT2D eigenvalue weighted by atomic mass is 10.2. The van der Waals surface area contributed by atoms with Crippen LogP contribution < -0.4 is 4.74 Å². The molecular formula is C18H20N4O5. The molecule has 0 saturated carbocycles. The smallest absolute Gasteiger partial charge is 0.339 e. The highest BCUT2D eigenvalue weighted by Gasteiger charge is 2.23. The lowest BCUT2D eigenvalue weighted by Crippen LogP contribution is -2.47. The molecule has 1 saturated heterocycles. The van der Waals surface area contributed by atoms with Crippen LogP contribution in [0.15, 0.2) is 37.1 Å². The van der Waals surface area contributed by atoms with E-state index in [2.05, 4.69) is 19.7 Å². The number of rotatable bonds is 6. The molecule has 1 aliphatic rings. The molecule has 1 N–H and O–H groups in total. The average Bonchev–Trinajstić information content (AvgIpc) is 3.24. The van der Waals surface area contributed by atoms with Gasteiger partial charge in [0.1, 0.15) is 18.5 Å². The molecule has 3 heterocycles. The second kappa shape index (κ2) is 8.95. The molecule has 0 bridgehead atoms. The first kappa shape index (κ1) is 18.6. The first-order valence-corrected chi connectivity index (χ1v) is 8.39. The number of aromatic amines is 1. The van der Waals surface area contributed by atoms with E-state index in [-0.39, 0.29) is 18.6 Å². The normalized spacial score (nSPS) is 17.1. The number of nitrogens with zero attached hydrogens (tertiary/aromatic N) is 3. The van der Waals surface area contributed by atoms with Crippen LogP contribution in [-0.2, 0) is 14.3 Å². The SMILES string of the molecule is COC(=O)c1cncc(OCC2CN(C(=O)/C=C/c3cnc[nH]3)CCO2)c1. The molecule has 27 heavy (non-hydrogen) atoms. The number of ether oxygens (including phenoxy) is 3. The standard InChI is InChI=1S/C18H20N4O5/c1-25-18(24)13-6-15(9-19-7-13)27-11-16-10-22(4-5-26-16)17(23)3-2-14-8-20-12-21-14/h2-3,6-9,12,16H,4-5,10-11H2,1H3,(H,20,21)/b3-2+. The second-order valence-corrected chi connectivity index (χ2v) is 5.83. The van der Waals surface area contributed by atoms with Gasteiger partial charge in [-0.1, -0.05) is 0 Å². The number of nitrogens with one attached hydrogen (secondary N) is 1. The Bertz CT molecular complexity index is 806. The van der Waals surface area contributed by atoms with E-state index in [9.17, 15) is 9.59 Å². The Labute approximate surface area is 156 Å². The van der Waals surface area contributed by atoms with Crippen LogP contribution in [-0.4, -0.2) is 71.2 Å². The van der Waals surface area contributed by atoms with E-state index in [0.29, 0.717) is 31.0 Å². The lowest BCUT2D eigenvalue weighted by molar-refractivity contribution is -0.134. The molecule has 2 aromatic heterocycles.